The van der Waals surface area contributed by atoms with Gasteiger partial charge in [0.1, 0.15) is 0 Å². The first-order chi connectivity index (χ1) is 4.63. The number of carbonyl (C=O) groups is 1. The van der Waals surface area contributed by atoms with Gasteiger partial charge in [-0.3, -0.25) is 4.79 Å². The van der Waals surface area contributed by atoms with Crippen molar-refractivity contribution in [3.63, 3.8) is 0 Å². The van der Waals surface area contributed by atoms with Crippen LogP contribution in [-0.4, -0.2) is 23.9 Å². The topological polar surface area (TPSA) is 20.3 Å². The molecular formula is C8H13NO. The van der Waals surface area contributed by atoms with Gasteiger partial charge in [0, 0.05) is 13.1 Å². The van der Waals surface area contributed by atoms with Crippen molar-refractivity contribution in [3.8, 4) is 0 Å². The fraction of sp³-hybridized carbons (Fsp3) is 0.625. The minimum atomic E-state index is 0.124. The Morgan fingerprint density at radius 3 is 2.40 bits per heavy atom. The average Bonchev–Trinajstić information content (AvgIpc) is 2.14. The predicted octanol–water partition coefficient (Wildman–Crippen LogP) is 1.04. The summed E-state index contributed by atoms with van der Waals surface area (Å²) < 4.78 is 0. The van der Waals surface area contributed by atoms with Crippen LogP contribution in [-0.2, 0) is 4.79 Å². The molecule has 1 aliphatic heterocycles. The Labute approximate surface area is 61.5 Å². The molecule has 1 unspecified atom stereocenters. The predicted molar refractivity (Wildman–Crippen MR) is 40.5 cm³/mol. The van der Waals surface area contributed by atoms with Crippen LogP contribution in [0.4, 0.5) is 0 Å². The van der Waals surface area contributed by atoms with Crippen molar-refractivity contribution in [3.05, 3.63) is 12.2 Å². The maximum atomic E-state index is 10.9. The number of carbonyl (C=O) groups excluding carboxylic acids is 1. The maximum Gasteiger partial charge on any atom is 0.246 e. The number of hydrogen-bond acceptors (Lipinski definition) is 1. The molecule has 1 heterocycles. The number of amides is 1. The van der Waals surface area contributed by atoms with Crippen LogP contribution in [0.2, 0.25) is 0 Å². The highest BCUT2D eigenvalue weighted by Gasteiger charge is 2.23. The summed E-state index contributed by atoms with van der Waals surface area (Å²) in [5.41, 5.74) is 0. The quantitative estimate of drug-likeness (QED) is 0.531. The first-order valence-electron chi connectivity index (χ1n) is 3.58. The van der Waals surface area contributed by atoms with Crippen LogP contribution in [0.15, 0.2) is 12.2 Å². The molecule has 0 saturated heterocycles. The van der Waals surface area contributed by atoms with Crippen molar-refractivity contribution in [2.75, 3.05) is 7.05 Å². The Hall–Kier alpha value is -0.790. The van der Waals surface area contributed by atoms with E-state index >= 15 is 0 Å². The second kappa shape index (κ2) is 2.45. The second-order valence-electron chi connectivity index (χ2n) is 3.04. The fourth-order valence-electron chi connectivity index (χ4n) is 1.24. The largest absolute Gasteiger partial charge is 0.336 e. The van der Waals surface area contributed by atoms with E-state index in [1.807, 2.05) is 13.1 Å². The first-order valence-corrected chi connectivity index (χ1v) is 3.58. The van der Waals surface area contributed by atoms with Gasteiger partial charge >= 0.3 is 0 Å². The fourth-order valence-corrected chi connectivity index (χ4v) is 1.24. The summed E-state index contributed by atoms with van der Waals surface area (Å²) >= 11 is 0. The van der Waals surface area contributed by atoms with E-state index in [1.165, 1.54) is 0 Å². The molecule has 0 spiro atoms. The summed E-state index contributed by atoms with van der Waals surface area (Å²) in [5.74, 6) is 0.645. The summed E-state index contributed by atoms with van der Waals surface area (Å²) in [6.07, 6.45) is 3.61. The molecular weight excluding hydrogens is 126 g/mol. The van der Waals surface area contributed by atoms with Crippen molar-refractivity contribution in [2.45, 2.75) is 19.9 Å². The standard InChI is InChI=1S/C8H13NO/c1-6(2)7-4-5-8(10)9(7)3/h4-7H,1-3H3. The highest BCUT2D eigenvalue weighted by atomic mass is 16.2. The van der Waals surface area contributed by atoms with Crippen LogP contribution >= 0.6 is 0 Å². The van der Waals surface area contributed by atoms with Crippen LogP contribution in [0.3, 0.4) is 0 Å². The third-order valence-electron chi connectivity index (χ3n) is 1.91. The Morgan fingerprint density at radius 2 is 2.20 bits per heavy atom. The first kappa shape index (κ1) is 7.32. The van der Waals surface area contributed by atoms with Gasteiger partial charge in [-0.05, 0) is 5.92 Å². The van der Waals surface area contributed by atoms with Gasteiger partial charge in [-0.2, -0.15) is 0 Å². The van der Waals surface area contributed by atoms with Crippen LogP contribution in [0.5, 0.6) is 0 Å². The van der Waals surface area contributed by atoms with E-state index in [-0.39, 0.29) is 5.91 Å². The summed E-state index contributed by atoms with van der Waals surface area (Å²) in [7, 11) is 1.84. The molecule has 0 bridgehead atoms. The van der Waals surface area contributed by atoms with E-state index < -0.39 is 0 Å². The van der Waals surface area contributed by atoms with Crippen LogP contribution in [0.25, 0.3) is 0 Å². The van der Waals surface area contributed by atoms with Crippen LogP contribution in [0, 0.1) is 5.92 Å². The van der Waals surface area contributed by atoms with E-state index in [0.29, 0.717) is 12.0 Å². The van der Waals surface area contributed by atoms with E-state index in [4.69, 9.17) is 0 Å². The molecule has 2 nitrogen and oxygen atoms in total. The molecule has 1 amide bonds. The molecule has 0 N–H and O–H groups in total. The SMILES string of the molecule is CC(C)C1C=CC(=O)N1C. The summed E-state index contributed by atoms with van der Waals surface area (Å²) in [6.45, 7) is 4.23. The third kappa shape index (κ3) is 1.06. The Balaban J connectivity index is 2.66. The molecule has 2 heteroatoms. The lowest BCUT2D eigenvalue weighted by Gasteiger charge is -2.22. The smallest absolute Gasteiger partial charge is 0.246 e. The third-order valence-corrected chi connectivity index (χ3v) is 1.91. The molecule has 1 rings (SSSR count). The van der Waals surface area contributed by atoms with Gasteiger partial charge in [0.25, 0.3) is 0 Å². The molecule has 56 valence electrons. The minimum Gasteiger partial charge on any atom is -0.336 e. The van der Waals surface area contributed by atoms with E-state index in [2.05, 4.69) is 13.8 Å². The highest BCUT2D eigenvalue weighted by molar-refractivity contribution is 5.90. The Kier molecular flexibility index (Phi) is 1.79. The average molecular weight is 139 g/mol. The molecule has 1 aliphatic rings. The molecule has 0 radical (unpaired) electrons. The van der Waals surface area contributed by atoms with E-state index in [9.17, 15) is 4.79 Å². The Morgan fingerprint density at radius 1 is 1.60 bits per heavy atom. The maximum absolute atomic E-state index is 10.9. The van der Waals surface area contributed by atoms with Crippen molar-refractivity contribution < 1.29 is 4.79 Å². The van der Waals surface area contributed by atoms with Gasteiger partial charge in [0.15, 0.2) is 0 Å². The van der Waals surface area contributed by atoms with Gasteiger partial charge in [-0.1, -0.05) is 19.9 Å². The molecule has 0 aromatic heterocycles. The number of hydrogen-bond donors (Lipinski definition) is 0. The second-order valence-corrected chi connectivity index (χ2v) is 3.04. The van der Waals surface area contributed by atoms with E-state index in [0.717, 1.165) is 0 Å². The number of nitrogens with zero attached hydrogens (tertiary/aromatic N) is 1. The van der Waals surface area contributed by atoms with Gasteiger partial charge in [0.05, 0.1) is 6.04 Å². The van der Waals surface area contributed by atoms with E-state index in [1.54, 1.807) is 11.0 Å². The lowest BCUT2D eigenvalue weighted by Crippen LogP contribution is -2.33. The molecule has 0 aromatic rings. The molecule has 0 aromatic carbocycles. The molecule has 10 heavy (non-hydrogen) atoms. The number of likely N-dealkylation sites (N-methyl/N-ethyl adjacent to an activating group) is 1. The lowest BCUT2D eigenvalue weighted by atomic mass is 10.1. The van der Waals surface area contributed by atoms with Crippen molar-refractivity contribution >= 4 is 5.91 Å². The van der Waals surface area contributed by atoms with Gasteiger partial charge in [-0.15, -0.1) is 0 Å². The number of rotatable bonds is 1. The van der Waals surface area contributed by atoms with Crippen molar-refractivity contribution in [1.29, 1.82) is 0 Å². The van der Waals surface area contributed by atoms with Crippen LogP contribution in [0.1, 0.15) is 13.8 Å². The van der Waals surface area contributed by atoms with Gasteiger partial charge in [-0.25, -0.2) is 0 Å². The molecule has 0 saturated carbocycles. The highest BCUT2D eigenvalue weighted by Crippen LogP contribution is 2.15. The van der Waals surface area contributed by atoms with Crippen molar-refractivity contribution in [2.24, 2.45) is 5.92 Å². The van der Waals surface area contributed by atoms with Gasteiger partial charge in [0.2, 0.25) is 5.91 Å². The zero-order valence-electron chi connectivity index (χ0n) is 6.66. The summed E-state index contributed by atoms with van der Waals surface area (Å²) in [5, 5.41) is 0. The summed E-state index contributed by atoms with van der Waals surface area (Å²) in [6, 6.07) is 0.312. The minimum absolute atomic E-state index is 0.124. The molecule has 0 aliphatic carbocycles. The molecule has 1 atom stereocenters. The van der Waals surface area contributed by atoms with Crippen LogP contribution < -0.4 is 0 Å². The zero-order chi connectivity index (χ0) is 7.72. The summed E-state index contributed by atoms with van der Waals surface area (Å²) in [4.78, 5) is 12.7. The van der Waals surface area contributed by atoms with Gasteiger partial charge < -0.3 is 4.90 Å². The molecule has 0 fully saturated rings. The zero-order valence-corrected chi connectivity index (χ0v) is 6.66. The Bertz CT molecular complexity index is 172. The van der Waals surface area contributed by atoms with Crippen molar-refractivity contribution in [1.82, 2.24) is 4.90 Å². The monoisotopic (exact) mass is 139 g/mol. The lowest BCUT2D eigenvalue weighted by molar-refractivity contribution is -0.125. The normalized spacial score (nSPS) is 25.0.